The second kappa shape index (κ2) is 8.53. The van der Waals surface area contributed by atoms with Crippen LogP contribution in [0, 0.1) is 0 Å². The summed E-state index contributed by atoms with van der Waals surface area (Å²) in [7, 11) is 1.67. The smallest absolute Gasteiger partial charge is 0.223 e. The number of thioether (sulfide) groups is 1. The van der Waals surface area contributed by atoms with Crippen molar-refractivity contribution >= 4 is 11.8 Å². The van der Waals surface area contributed by atoms with Gasteiger partial charge >= 0.3 is 0 Å². The summed E-state index contributed by atoms with van der Waals surface area (Å²) in [5.41, 5.74) is 2.13. The fourth-order valence-corrected chi connectivity index (χ4v) is 3.08. The lowest BCUT2D eigenvalue weighted by Crippen LogP contribution is -1.97. The minimum atomic E-state index is 0.575. The van der Waals surface area contributed by atoms with E-state index in [1.807, 2.05) is 54.6 Å². The van der Waals surface area contributed by atoms with Crippen LogP contribution in [0.5, 0.6) is 17.4 Å². The predicted octanol–water partition coefficient (Wildman–Crippen LogP) is 5.13. The van der Waals surface area contributed by atoms with Crippen LogP contribution < -0.4 is 9.47 Å². The zero-order valence-electron chi connectivity index (χ0n) is 14.3. The first-order valence-corrected chi connectivity index (χ1v) is 9.12. The van der Waals surface area contributed by atoms with Gasteiger partial charge in [-0.15, -0.1) is 0 Å². The lowest BCUT2D eigenvalue weighted by Gasteiger charge is -2.09. The molecule has 4 nitrogen and oxygen atoms in total. The number of hydrogen-bond acceptors (Lipinski definition) is 5. The van der Waals surface area contributed by atoms with Crippen LogP contribution in [0.4, 0.5) is 0 Å². The first-order chi connectivity index (χ1) is 12.3. The van der Waals surface area contributed by atoms with Crippen molar-refractivity contribution in [2.75, 3.05) is 7.11 Å². The van der Waals surface area contributed by atoms with E-state index in [4.69, 9.17) is 9.47 Å². The molecule has 1 aromatic heterocycles. The van der Waals surface area contributed by atoms with E-state index in [-0.39, 0.29) is 0 Å². The number of methoxy groups -OCH3 is 1. The summed E-state index contributed by atoms with van der Waals surface area (Å²) in [6, 6.07) is 19.6. The lowest BCUT2D eigenvalue weighted by molar-refractivity contribution is 0.414. The average molecular weight is 352 g/mol. The molecular weight excluding hydrogens is 332 g/mol. The van der Waals surface area contributed by atoms with E-state index in [0.29, 0.717) is 11.0 Å². The van der Waals surface area contributed by atoms with E-state index in [9.17, 15) is 0 Å². The van der Waals surface area contributed by atoms with Crippen LogP contribution in [0.2, 0.25) is 0 Å². The van der Waals surface area contributed by atoms with Gasteiger partial charge in [-0.1, -0.05) is 49.0 Å². The van der Waals surface area contributed by atoms with Gasteiger partial charge in [-0.05, 0) is 36.2 Å². The normalized spacial score (nSPS) is 10.5. The van der Waals surface area contributed by atoms with Crippen molar-refractivity contribution in [2.45, 2.75) is 24.3 Å². The molecule has 0 fully saturated rings. The number of para-hydroxylation sites is 1. The van der Waals surface area contributed by atoms with Crippen molar-refractivity contribution in [2.24, 2.45) is 0 Å². The second-order valence-electron chi connectivity index (χ2n) is 5.39. The number of hydrogen-bond donors (Lipinski definition) is 0. The van der Waals surface area contributed by atoms with Crippen molar-refractivity contribution in [1.82, 2.24) is 9.97 Å². The van der Waals surface area contributed by atoms with Gasteiger partial charge in [0, 0.05) is 17.5 Å². The van der Waals surface area contributed by atoms with Gasteiger partial charge in [0.05, 0.1) is 7.11 Å². The second-order valence-corrected chi connectivity index (χ2v) is 6.33. The van der Waals surface area contributed by atoms with Crippen LogP contribution in [-0.4, -0.2) is 17.1 Å². The average Bonchev–Trinajstić information content (AvgIpc) is 2.67. The van der Waals surface area contributed by atoms with Crippen LogP contribution in [0.25, 0.3) is 0 Å². The summed E-state index contributed by atoms with van der Waals surface area (Å²) in [6.45, 7) is 2.07. The van der Waals surface area contributed by atoms with Gasteiger partial charge < -0.3 is 9.47 Å². The topological polar surface area (TPSA) is 44.2 Å². The first-order valence-electron chi connectivity index (χ1n) is 8.13. The predicted molar refractivity (Wildman–Crippen MR) is 100 cm³/mol. The Kier molecular flexibility index (Phi) is 5.90. The molecule has 5 heteroatoms. The molecule has 0 saturated carbocycles. The Morgan fingerprint density at radius 1 is 0.920 bits per heavy atom. The summed E-state index contributed by atoms with van der Waals surface area (Å²) < 4.78 is 11.1. The van der Waals surface area contributed by atoms with Crippen molar-refractivity contribution < 1.29 is 9.47 Å². The Bertz CT molecular complexity index is 825. The number of benzene rings is 2. The molecule has 3 rings (SSSR count). The van der Waals surface area contributed by atoms with Crippen molar-refractivity contribution in [3.63, 3.8) is 0 Å². The molecule has 0 unspecified atom stereocenters. The van der Waals surface area contributed by atoms with Crippen LogP contribution in [-0.2, 0) is 12.2 Å². The van der Waals surface area contributed by atoms with Crippen LogP contribution >= 0.6 is 11.8 Å². The molecule has 0 bridgehead atoms. The third-order valence-electron chi connectivity index (χ3n) is 3.57. The lowest BCUT2D eigenvalue weighted by atomic mass is 10.2. The van der Waals surface area contributed by atoms with Gasteiger partial charge in [-0.25, -0.2) is 4.98 Å². The van der Waals surface area contributed by atoms with Crippen LogP contribution in [0.1, 0.15) is 18.2 Å². The third kappa shape index (κ3) is 4.97. The molecule has 0 radical (unpaired) electrons. The highest BCUT2D eigenvalue weighted by atomic mass is 32.2. The molecule has 0 saturated heterocycles. The highest BCUT2D eigenvalue weighted by Crippen LogP contribution is 2.26. The molecule has 0 aliphatic heterocycles. The van der Waals surface area contributed by atoms with E-state index in [0.717, 1.165) is 29.4 Å². The van der Waals surface area contributed by atoms with E-state index < -0.39 is 0 Å². The molecule has 3 aromatic rings. The number of ether oxygens (including phenoxy) is 2. The fraction of sp³-hybridized carbons (Fsp3) is 0.200. The Morgan fingerprint density at radius 3 is 2.48 bits per heavy atom. The maximum absolute atomic E-state index is 5.87. The zero-order valence-corrected chi connectivity index (χ0v) is 15.1. The maximum atomic E-state index is 5.87. The van der Waals surface area contributed by atoms with Gasteiger partial charge in [-0.3, -0.25) is 0 Å². The van der Waals surface area contributed by atoms with Gasteiger partial charge in [-0.2, -0.15) is 4.98 Å². The molecular formula is C20H20N2O2S. The van der Waals surface area contributed by atoms with Crippen molar-refractivity contribution in [1.29, 1.82) is 0 Å². The summed E-state index contributed by atoms with van der Waals surface area (Å²) in [6.07, 6.45) is 0.834. The van der Waals surface area contributed by atoms with Crippen molar-refractivity contribution in [3.8, 4) is 17.4 Å². The summed E-state index contributed by atoms with van der Waals surface area (Å²) in [4.78, 5) is 9.12. The molecule has 0 amide bonds. The van der Waals surface area contributed by atoms with Crippen molar-refractivity contribution in [3.05, 3.63) is 71.9 Å². The van der Waals surface area contributed by atoms with E-state index in [1.165, 1.54) is 5.56 Å². The summed E-state index contributed by atoms with van der Waals surface area (Å²) in [5.74, 6) is 2.97. The van der Waals surface area contributed by atoms with Crippen LogP contribution in [0.15, 0.2) is 65.8 Å². The largest absolute Gasteiger partial charge is 0.497 e. The maximum Gasteiger partial charge on any atom is 0.223 e. The number of rotatable bonds is 7. The highest BCUT2D eigenvalue weighted by molar-refractivity contribution is 7.98. The number of nitrogens with zero attached hydrogens (tertiary/aromatic N) is 2. The first kappa shape index (κ1) is 17.3. The zero-order chi connectivity index (χ0) is 17.5. The highest BCUT2D eigenvalue weighted by Gasteiger charge is 2.07. The number of aryl methyl sites for hydroxylation is 1. The monoisotopic (exact) mass is 352 g/mol. The SMILES string of the molecule is CCc1cc(Oc2ccccc2)nc(SCc2cccc(OC)c2)n1. The molecule has 128 valence electrons. The quantitative estimate of drug-likeness (QED) is 0.435. The molecule has 0 spiro atoms. The summed E-state index contributed by atoms with van der Waals surface area (Å²) >= 11 is 1.59. The van der Waals surface area contributed by atoms with Gasteiger partial charge in [0.25, 0.3) is 0 Å². The third-order valence-corrected chi connectivity index (χ3v) is 4.48. The van der Waals surface area contributed by atoms with E-state index in [2.05, 4.69) is 23.0 Å². The number of aromatic nitrogens is 2. The van der Waals surface area contributed by atoms with Gasteiger partial charge in [0.15, 0.2) is 5.16 Å². The molecule has 0 aliphatic rings. The molecule has 25 heavy (non-hydrogen) atoms. The Labute approximate surface area is 152 Å². The minimum absolute atomic E-state index is 0.575. The molecule has 0 aliphatic carbocycles. The Balaban J connectivity index is 1.75. The Hall–Kier alpha value is -2.53. The molecule has 0 atom stereocenters. The molecule has 0 N–H and O–H groups in total. The summed E-state index contributed by atoms with van der Waals surface area (Å²) in [5, 5.41) is 0.716. The molecule has 2 aromatic carbocycles. The van der Waals surface area contributed by atoms with Crippen LogP contribution in [0.3, 0.4) is 0 Å². The fourth-order valence-electron chi connectivity index (χ4n) is 2.27. The minimum Gasteiger partial charge on any atom is -0.497 e. The van der Waals surface area contributed by atoms with E-state index >= 15 is 0 Å². The standard InChI is InChI=1S/C20H20N2O2S/c1-3-16-13-19(24-17-9-5-4-6-10-17)22-20(21-16)25-14-15-8-7-11-18(12-15)23-2/h4-13H,3,14H2,1-2H3. The van der Waals surface area contributed by atoms with E-state index in [1.54, 1.807) is 18.9 Å². The molecule has 1 heterocycles. The Morgan fingerprint density at radius 2 is 1.72 bits per heavy atom. The van der Waals surface area contributed by atoms with Gasteiger partial charge in [0.2, 0.25) is 5.88 Å². The van der Waals surface area contributed by atoms with Gasteiger partial charge in [0.1, 0.15) is 11.5 Å².